The zero-order valence-electron chi connectivity index (χ0n) is 86.6. The third-order valence-corrected chi connectivity index (χ3v) is 44.9. The molecule has 2 heterocycles. The number of esters is 2. The van der Waals surface area contributed by atoms with Gasteiger partial charge in [0.2, 0.25) is 0 Å². The van der Waals surface area contributed by atoms with E-state index in [9.17, 15) is 52.7 Å². The van der Waals surface area contributed by atoms with Crippen LogP contribution in [0.25, 0.3) is 0 Å². The molecule has 5 N–H and O–H groups in total. The summed E-state index contributed by atoms with van der Waals surface area (Å²) in [5.41, 5.74) is -0.701. The Labute approximate surface area is 808 Å². The number of hydrogen-bond acceptors (Lipinski definition) is 11. The molecule has 12 unspecified atom stereocenters. The Hall–Kier alpha value is -0.564. The van der Waals surface area contributed by atoms with Gasteiger partial charge < -0.3 is 64.3 Å². The van der Waals surface area contributed by atoms with E-state index in [-0.39, 0.29) is 60.2 Å². The molecular formula is C112H193ClF4MgO11. The number of ether oxygens (including phenoxy) is 4. The fraction of sp³-hybridized carbons (Fsp3) is 0.973. The summed E-state index contributed by atoms with van der Waals surface area (Å²) in [6, 6.07) is 0. The summed E-state index contributed by atoms with van der Waals surface area (Å²) in [4.78, 5) is 23.3. The van der Waals surface area contributed by atoms with E-state index >= 15 is 0 Å². The first-order valence-corrected chi connectivity index (χ1v) is 53.2. The Kier molecular flexibility index (Phi) is 36.4. The summed E-state index contributed by atoms with van der Waals surface area (Å²) in [6.45, 7) is 39.2. The first-order valence-electron chi connectivity index (χ1n) is 53.9. The average molecular weight is 1850 g/mol. The molecule has 0 bridgehead atoms. The molecule has 2 aliphatic heterocycles. The molecule has 0 radical (unpaired) electrons. The SMILES string of the molecule is C1CCOC1.COC(=O)CC[C@@H](C)[C@H]1CCC2C3CC[C@@H]4C[C@@]5(CC[C@]4(C)C3CC[C@@]21C)CO5.COC(=O)CC[C@@H](C)[C@H]1CCC2C3CC[C@@H]4C[C@](O)(CF)CC[C@]4(C)C3CC[C@@]21C.C[C@H](CCC(C)(C)O)[C@H]1CCC2C3CC[C@@H]4C[C@](O)(CF)CC[C@]4(C)C3CC[C@@]21C.C[C@H](CCC(C)(C)O)[C@H]1CCC2C3CC[C@H]4C[C@](O)(CF)CC[C@]4(C)C3CC[C@@]21C.[2H]CF.[CH3-].[Cl-].[Mg+2]. The summed E-state index contributed by atoms with van der Waals surface area (Å²) in [5.74, 6) is 17.9. The summed E-state index contributed by atoms with van der Waals surface area (Å²) in [7, 11) is 2.00. The number of methoxy groups -OCH3 is 2. The van der Waals surface area contributed by atoms with Crippen molar-refractivity contribution in [3.05, 3.63) is 7.43 Å². The molecule has 18 fully saturated rings. The summed E-state index contributed by atoms with van der Waals surface area (Å²) >= 11 is 0. The molecule has 0 aromatic rings. The minimum atomic E-state index is -1.06. The topological polar surface area (TPSA) is 176 Å². The Balaban J connectivity index is 0.000000173. The third-order valence-electron chi connectivity index (χ3n) is 44.9. The van der Waals surface area contributed by atoms with E-state index in [0.29, 0.717) is 142 Å². The quantitative estimate of drug-likeness (QED) is 0.0274. The van der Waals surface area contributed by atoms with Gasteiger partial charge in [0.1, 0.15) is 20.0 Å². The molecule has 744 valence electrons. The van der Waals surface area contributed by atoms with Crippen molar-refractivity contribution in [2.75, 3.05) is 61.2 Å². The van der Waals surface area contributed by atoms with Crippen molar-refractivity contribution in [2.45, 2.75) is 440 Å². The number of carbonyl (C=O) groups excluding carboxylic acids is 2. The Morgan fingerprint density at radius 2 is 0.643 bits per heavy atom. The zero-order chi connectivity index (χ0) is 92.3. The van der Waals surface area contributed by atoms with Crippen LogP contribution in [-0.4, -0.2) is 155 Å². The van der Waals surface area contributed by atoms with Gasteiger partial charge in [0, 0.05) is 26.1 Å². The van der Waals surface area contributed by atoms with E-state index < -0.39 is 55.2 Å². The summed E-state index contributed by atoms with van der Waals surface area (Å²) < 4.78 is 76.6. The van der Waals surface area contributed by atoms with Crippen molar-refractivity contribution < 1.29 is 85.4 Å². The first-order chi connectivity index (χ1) is 59.7. The molecule has 18 aliphatic rings. The van der Waals surface area contributed by atoms with E-state index in [1.807, 2.05) is 27.7 Å². The van der Waals surface area contributed by atoms with E-state index in [2.05, 4.69) is 83.1 Å². The van der Waals surface area contributed by atoms with Crippen LogP contribution in [0.15, 0.2) is 0 Å². The van der Waals surface area contributed by atoms with Gasteiger partial charge in [-0.2, -0.15) is 0 Å². The molecule has 2 saturated heterocycles. The monoisotopic (exact) mass is 1850 g/mol. The number of epoxide rings is 1. The van der Waals surface area contributed by atoms with Crippen LogP contribution in [0.1, 0.15) is 408 Å². The van der Waals surface area contributed by atoms with Gasteiger partial charge in [0.25, 0.3) is 0 Å². The first kappa shape index (κ1) is 109. The maximum Gasteiger partial charge on any atom is 2.00 e. The maximum atomic E-state index is 13.5. The maximum absolute atomic E-state index is 13.5. The number of rotatable bonds is 19. The van der Waals surface area contributed by atoms with Gasteiger partial charge in [-0.15, -0.1) is 0 Å². The van der Waals surface area contributed by atoms with E-state index in [1.54, 1.807) is 0 Å². The fourth-order valence-corrected chi connectivity index (χ4v) is 37.3. The van der Waals surface area contributed by atoms with Crippen LogP contribution in [0.2, 0.25) is 0 Å². The van der Waals surface area contributed by atoms with E-state index in [0.717, 1.165) is 179 Å². The van der Waals surface area contributed by atoms with Crippen LogP contribution in [0.3, 0.4) is 0 Å². The minimum Gasteiger partial charge on any atom is -1.00 e. The van der Waals surface area contributed by atoms with Gasteiger partial charge in [0.15, 0.2) is 0 Å². The molecule has 0 aromatic carbocycles. The zero-order valence-corrected chi connectivity index (χ0v) is 87.8. The minimum absolute atomic E-state index is 0. The van der Waals surface area contributed by atoms with Gasteiger partial charge in [-0.3, -0.25) is 14.0 Å². The van der Waals surface area contributed by atoms with Crippen LogP contribution in [0, 0.1) is 193 Å². The van der Waals surface area contributed by atoms with Crippen molar-refractivity contribution >= 4 is 35.0 Å². The van der Waals surface area contributed by atoms with Crippen LogP contribution < -0.4 is 12.4 Å². The standard InChI is InChI=1S/2C27H47FO2.C26H43FO3.C26H42O3.C4H8O.CH3F.CH3.ClH.Mg/c2*1-18(10-12-24(2,3)29)21-8-9-22-20-7-6-19-16-27(30,17-28)15-14-25(19,4)23(20)11-13-26(21,22)5;1-17(5-10-23(28)30-4)20-8-9-21-19-7-6-18-15-26(29,16-27)14-13-24(18,2)22(19)11-12-25(20,21)3;1-17(5-10-23(27)28-4)20-8-9-21-19-7-6-18-15-26(16-29-26)14-13-24(18,2)22(19)11-12-25(20,21)3;1-2-4-5-3-1;1-2;;;/h2*18-23,29-30H,6-17H2,1-5H3;17-22,29H,5-16H2,1-4H3;17-22H,5-16H2,1-4H3;1-4H2;1H3;1H3;1H;/q;;;;;;-1;;+2/p-1/t18-,19+,20?,21-,22?,23?,25+,26-,27+;18-,19-,20?,21-,22?,23?,25+,26-,27+;2*17-,18-,19?,20-,21?,22?,24+,25-,26+;;;;;/m1111...../s1/i;;;;;1D;;;. The second-order valence-electron chi connectivity index (χ2n) is 52.1. The number of halogens is 5. The molecule has 0 aromatic heterocycles. The van der Waals surface area contributed by atoms with Crippen molar-refractivity contribution in [2.24, 2.45) is 185 Å². The summed E-state index contributed by atoms with van der Waals surface area (Å²) in [6.07, 6.45) is 52.7. The molecule has 16 aliphatic carbocycles. The molecule has 11 nitrogen and oxygen atoms in total. The second kappa shape index (κ2) is 43.1. The smallest absolute Gasteiger partial charge is 1.00 e. The number of fused-ring (bicyclic) bond motifs is 20. The predicted octanol–water partition coefficient (Wildman–Crippen LogP) is 23.5. The van der Waals surface area contributed by atoms with Gasteiger partial charge in [-0.1, -0.05) is 83.1 Å². The molecular weight excluding hydrogens is 1660 g/mol. The molecule has 18 rings (SSSR count). The Morgan fingerprint density at radius 3 is 0.876 bits per heavy atom. The van der Waals surface area contributed by atoms with Gasteiger partial charge in [0.05, 0.1) is 63.0 Å². The normalized spacial score (nSPS) is 47.2. The van der Waals surface area contributed by atoms with Gasteiger partial charge >= 0.3 is 35.0 Å². The van der Waals surface area contributed by atoms with Crippen LogP contribution >= 0.6 is 0 Å². The van der Waals surface area contributed by atoms with Crippen LogP contribution in [-0.2, 0) is 28.5 Å². The number of carbonyl (C=O) groups is 2. The largest absolute Gasteiger partial charge is 2.00 e. The molecule has 36 atom stereocenters. The molecule has 1 spiro atoms. The molecule has 129 heavy (non-hydrogen) atoms. The van der Waals surface area contributed by atoms with Gasteiger partial charge in [-0.05, 0) is 496 Å². The number of hydrogen-bond donors (Lipinski definition) is 5. The third kappa shape index (κ3) is 22.2. The van der Waals surface area contributed by atoms with E-state index in [4.69, 9.17) is 20.3 Å². The fourth-order valence-electron chi connectivity index (χ4n) is 37.3. The van der Waals surface area contributed by atoms with Gasteiger partial charge in [-0.25, -0.2) is 13.2 Å². The van der Waals surface area contributed by atoms with E-state index in [1.165, 1.54) is 194 Å². The van der Waals surface area contributed by atoms with Crippen molar-refractivity contribution in [1.29, 1.82) is 0 Å². The number of aliphatic hydroxyl groups is 5. The van der Waals surface area contributed by atoms with Crippen molar-refractivity contribution in [3.8, 4) is 0 Å². The van der Waals surface area contributed by atoms with Crippen molar-refractivity contribution in [3.63, 3.8) is 0 Å². The summed E-state index contributed by atoms with van der Waals surface area (Å²) in [5, 5.41) is 52.3. The average Bonchev–Trinajstić information content (AvgIpc) is 1.47. The second-order valence-corrected chi connectivity index (χ2v) is 52.1. The Morgan fingerprint density at radius 1 is 0.395 bits per heavy atom. The Bertz CT molecular complexity index is 3470. The van der Waals surface area contributed by atoms with Crippen LogP contribution in [0.4, 0.5) is 17.6 Å². The molecule has 16 saturated carbocycles. The van der Waals surface area contributed by atoms with Crippen molar-refractivity contribution in [1.82, 2.24) is 0 Å². The molecule has 17 heteroatoms. The molecule has 0 amide bonds. The predicted molar refractivity (Wildman–Crippen MR) is 512 cm³/mol. The number of alkyl halides is 4. The van der Waals surface area contributed by atoms with Crippen LogP contribution in [0.5, 0.6) is 0 Å².